The van der Waals surface area contributed by atoms with Gasteiger partial charge in [0.2, 0.25) is 10.0 Å². The Morgan fingerprint density at radius 3 is 2.44 bits per heavy atom. The van der Waals surface area contributed by atoms with E-state index in [0.29, 0.717) is 28.4 Å². The highest BCUT2D eigenvalue weighted by molar-refractivity contribution is 7.89. The highest BCUT2D eigenvalue weighted by Crippen LogP contribution is 2.33. The van der Waals surface area contributed by atoms with E-state index in [9.17, 15) is 13.2 Å². The molecule has 1 aromatic heterocycles. The van der Waals surface area contributed by atoms with Crippen molar-refractivity contribution in [3.8, 4) is 17.0 Å². The molecule has 11 heteroatoms. The highest BCUT2D eigenvalue weighted by atomic mass is 32.2. The molecule has 0 fully saturated rings. The van der Waals surface area contributed by atoms with Crippen LogP contribution in [0, 0.1) is 6.92 Å². The van der Waals surface area contributed by atoms with E-state index in [2.05, 4.69) is 20.2 Å². The van der Waals surface area contributed by atoms with Gasteiger partial charge in [0.15, 0.2) is 12.4 Å². The first-order valence-corrected chi connectivity index (χ1v) is 12.5. The predicted octanol–water partition coefficient (Wildman–Crippen LogP) is 2.48. The number of nitrogens with one attached hydrogen (secondary N) is 2. The molecule has 0 atom stereocenters. The Balaban J connectivity index is 1.68. The van der Waals surface area contributed by atoms with E-state index in [-0.39, 0.29) is 24.7 Å². The summed E-state index contributed by atoms with van der Waals surface area (Å²) < 4.78 is 33.1. The molecule has 0 aliphatic rings. The van der Waals surface area contributed by atoms with Gasteiger partial charge in [0.05, 0.1) is 11.5 Å². The third-order valence-electron chi connectivity index (χ3n) is 5.34. The number of hydrogen-bond acceptors (Lipinski definition) is 8. The first-order chi connectivity index (χ1) is 17.3. The van der Waals surface area contributed by atoms with E-state index in [1.807, 2.05) is 24.3 Å². The minimum atomic E-state index is -3.80. The Labute approximate surface area is 208 Å². The van der Waals surface area contributed by atoms with Gasteiger partial charge in [-0.1, -0.05) is 36.4 Å². The van der Waals surface area contributed by atoms with Gasteiger partial charge in [-0.05, 0) is 42.8 Å². The molecule has 0 aliphatic heterocycles. The van der Waals surface area contributed by atoms with Gasteiger partial charge in [-0.2, -0.15) is 0 Å². The number of ether oxygens (including phenoxy) is 1. The maximum Gasteiger partial charge on any atom is 0.255 e. The van der Waals surface area contributed by atoms with Crippen LogP contribution in [-0.4, -0.2) is 49.4 Å². The number of aromatic nitrogens is 2. The Kier molecular flexibility index (Phi) is 7.44. The molecule has 0 spiro atoms. The van der Waals surface area contributed by atoms with Crippen LogP contribution < -0.4 is 20.5 Å². The van der Waals surface area contributed by atoms with Crippen molar-refractivity contribution in [3.05, 3.63) is 72.3 Å². The van der Waals surface area contributed by atoms with Crippen LogP contribution in [0.1, 0.15) is 5.56 Å². The molecule has 4 aromatic rings. The Bertz CT molecular complexity index is 1510. The van der Waals surface area contributed by atoms with Crippen LogP contribution in [0.4, 0.5) is 11.5 Å². The van der Waals surface area contributed by atoms with Crippen LogP contribution >= 0.6 is 0 Å². The number of nitrogens with zero attached hydrogens (tertiary/aromatic N) is 2. The molecule has 36 heavy (non-hydrogen) atoms. The minimum absolute atomic E-state index is 0.0760. The molecule has 5 N–H and O–H groups in total. The number of aliphatic hydroxyl groups excluding tert-OH is 1. The van der Waals surface area contributed by atoms with Gasteiger partial charge in [0.25, 0.3) is 5.91 Å². The van der Waals surface area contributed by atoms with Crippen LogP contribution in [0.25, 0.3) is 22.0 Å². The minimum Gasteiger partial charge on any atom is -0.484 e. The number of sulfonamides is 1. The van der Waals surface area contributed by atoms with Crippen LogP contribution in [0.3, 0.4) is 0 Å². The van der Waals surface area contributed by atoms with E-state index in [1.54, 1.807) is 49.4 Å². The van der Waals surface area contributed by atoms with Crippen LogP contribution in [0.5, 0.6) is 5.75 Å². The summed E-state index contributed by atoms with van der Waals surface area (Å²) in [5.41, 5.74) is 7.53. The number of rotatable bonds is 10. The number of anilines is 2. The summed E-state index contributed by atoms with van der Waals surface area (Å²) in [7, 11) is -3.80. The van der Waals surface area contributed by atoms with Crippen molar-refractivity contribution in [1.29, 1.82) is 0 Å². The summed E-state index contributed by atoms with van der Waals surface area (Å²) in [6, 6.07) is 19.6. The van der Waals surface area contributed by atoms with Crippen molar-refractivity contribution < 1.29 is 23.1 Å². The number of amides is 1. The van der Waals surface area contributed by atoms with Crippen molar-refractivity contribution in [2.45, 2.75) is 11.8 Å². The molecular formula is C25H25N5O5S. The lowest BCUT2D eigenvalue weighted by Gasteiger charge is -2.13. The van der Waals surface area contributed by atoms with Crippen molar-refractivity contribution >= 4 is 38.2 Å². The molecule has 10 nitrogen and oxygen atoms in total. The second kappa shape index (κ2) is 10.7. The summed E-state index contributed by atoms with van der Waals surface area (Å²) in [5.74, 6) is 0.465. The second-order valence-electron chi connectivity index (χ2n) is 7.95. The lowest BCUT2D eigenvalue weighted by atomic mass is 10.0. The quantitative estimate of drug-likeness (QED) is 0.255. The van der Waals surface area contributed by atoms with Gasteiger partial charge in [-0.25, -0.2) is 13.1 Å². The summed E-state index contributed by atoms with van der Waals surface area (Å²) >= 11 is 0. The first-order valence-electron chi connectivity index (χ1n) is 11.0. The van der Waals surface area contributed by atoms with Crippen LogP contribution in [-0.2, 0) is 14.8 Å². The number of aliphatic hydroxyl groups is 1. The summed E-state index contributed by atoms with van der Waals surface area (Å²) in [6.07, 6.45) is 0. The molecular weight excluding hydrogens is 482 g/mol. The number of nitrogens with two attached hydrogens (primary N) is 1. The molecule has 1 amide bonds. The number of carbonyl (C=O) groups is 1. The molecule has 0 saturated carbocycles. The van der Waals surface area contributed by atoms with Gasteiger partial charge in [0, 0.05) is 28.6 Å². The van der Waals surface area contributed by atoms with E-state index in [4.69, 9.17) is 15.6 Å². The smallest absolute Gasteiger partial charge is 0.255 e. The Morgan fingerprint density at radius 2 is 1.75 bits per heavy atom. The largest absolute Gasteiger partial charge is 0.484 e. The molecule has 0 radical (unpaired) electrons. The van der Waals surface area contributed by atoms with Gasteiger partial charge in [-0.3, -0.25) is 4.79 Å². The molecule has 0 aliphatic carbocycles. The van der Waals surface area contributed by atoms with Crippen molar-refractivity contribution in [1.82, 2.24) is 14.9 Å². The fraction of sp³-hybridized carbons (Fsp3) is 0.160. The monoisotopic (exact) mass is 507 g/mol. The second-order valence-corrected chi connectivity index (χ2v) is 9.68. The molecule has 3 aromatic carbocycles. The molecule has 0 saturated heterocycles. The molecule has 0 unspecified atom stereocenters. The van der Waals surface area contributed by atoms with Gasteiger partial charge in [-0.15, -0.1) is 10.2 Å². The van der Waals surface area contributed by atoms with Crippen molar-refractivity contribution in [2.75, 3.05) is 25.1 Å². The molecule has 4 rings (SSSR count). The average molecular weight is 508 g/mol. The topological polar surface area (TPSA) is 157 Å². The predicted molar refractivity (Wildman–Crippen MR) is 136 cm³/mol. The van der Waals surface area contributed by atoms with Crippen molar-refractivity contribution in [3.63, 3.8) is 0 Å². The molecule has 1 heterocycles. The van der Waals surface area contributed by atoms with Gasteiger partial charge in [0.1, 0.15) is 11.4 Å². The van der Waals surface area contributed by atoms with Crippen LogP contribution in [0.15, 0.2) is 71.6 Å². The standard InChI is InChI=1S/C25H25N5O5S/c1-16-6-7-17(14-22(16)36(33,34)27-12-13-31)24-20-4-2-3-5-21(20)25(30-29-24)28-18-8-10-19(11-9-18)35-15-23(26)32/h2-11,14,27,31H,12-13,15H2,1H3,(H2,26,32)(H,28,30). The lowest BCUT2D eigenvalue weighted by molar-refractivity contribution is -0.119. The number of carbonyl (C=O) groups excluding carboxylic acids is 1. The lowest BCUT2D eigenvalue weighted by Crippen LogP contribution is -2.27. The molecule has 186 valence electrons. The Morgan fingerprint density at radius 1 is 1.03 bits per heavy atom. The van der Waals surface area contributed by atoms with Gasteiger partial charge < -0.3 is 20.9 Å². The SMILES string of the molecule is Cc1ccc(-c2nnc(Nc3ccc(OCC(N)=O)cc3)c3ccccc23)cc1S(=O)(=O)NCCO. The number of fused-ring (bicyclic) bond motifs is 1. The number of aryl methyl sites for hydroxylation is 1. The number of hydrogen-bond donors (Lipinski definition) is 4. The fourth-order valence-electron chi connectivity index (χ4n) is 3.63. The van der Waals surface area contributed by atoms with E-state index >= 15 is 0 Å². The zero-order valence-corrected chi connectivity index (χ0v) is 20.2. The zero-order chi connectivity index (χ0) is 25.7. The summed E-state index contributed by atoms with van der Waals surface area (Å²) in [5, 5.41) is 22.6. The first kappa shape index (κ1) is 25.0. The van der Waals surface area contributed by atoms with Gasteiger partial charge >= 0.3 is 0 Å². The highest BCUT2D eigenvalue weighted by Gasteiger charge is 2.19. The van der Waals surface area contributed by atoms with E-state index in [1.165, 1.54) is 0 Å². The normalized spacial score (nSPS) is 11.4. The maximum absolute atomic E-state index is 12.7. The zero-order valence-electron chi connectivity index (χ0n) is 19.4. The fourth-order valence-corrected chi connectivity index (χ4v) is 4.92. The van der Waals surface area contributed by atoms with Crippen molar-refractivity contribution in [2.24, 2.45) is 5.73 Å². The third kappa shape index (κ3) is 5.60. The summed E-state index contributed by atoms with van der Waals surface area (Å²) in [4.78, 5) is 11.0. The van der Waals surface area contributed by atoms with Crippen LogP contribution in [0.2, 0.25) is 0 Å². The van der Waals surface area contributed by atoms with E-state index in [0.717, 1.165) is 16.5 Å². The summed E-state index contributed by atoms with van der Waals surface area (Å²) in [6.45, 7) is 1.13. The third-order valence-corrected chi connectivity index (χ3v) is 6.94. The molecule has 0 bridgehead atoms. The number of benzene rings is 3. The average Bonchev–Trinajstić information content (AvgIpc) is 2.87. The maximum atomic E-state index is 12.7. The van der Waals surface area contributed by atoms with E-state index < -0.39 is 15.9 Å². The number of primary amides is 1. The Hall–Kier alpha value is -4.06.